The Labute approximate surface area is 191 Å². The lowest BCUT2D eigenvalue weighted by Crippen LogP contribution is -2.42. The maximum atomic E-state index is 12.9. The molecule has 0 bridgehead atoms. The summed E-state index contributed by atoms with van der Waals surface area (Å²) >= 11 is 6.33. The van der Waals surface area contributed by atoms with Gasteiger partial charge in [-0.15, -0.1) is 10.1 Å². The number of aryl methyl sites for hydroxylation is 1. The minimum absolute atomic E-state index is 0.311. The van der Waals surface area contributed by atoms with Gasteiger partial charge in [0, 0.05) is 11.1 Å². The van der Waals surface area contributed by atoms with Crippen LogP contribution in [0.2, 0.25) is 5.02 Å². The fourth-order valence-electron chi connectivity index (χ4n) is 3.64. The average molecular weight is 449 g/mol. The van der Waals surface area contributed by atoms with Gasteiger partial charge in [-0.1, -0.05) is 41.4 Å². The summed E-state index contributed by atoms with van der Waals surface area (Å²) in [4.78, 5) is 25.8. The van der Waals surface area contributed by atoms with Gasteiger partial charge in [0.05, 0.1) is 17.7 Å². The predicted molar refractivity (Wildman–Crippen MR) is 123 cm³/mol. The van der Waals surface area contributed by atoms with Crippen LogP contribution in [0.4, 0.5) is 0 Å². The first-order valence-corrected chi connectivity index (χ1v) is 10.5. The predicted octanol–water partition coefficient (Wildman–Crippen LogP) is 3.67. The fourth-order valence-corrected chi connectivity index (χ4v) is 3.83. The third-order valence-electron chi connectivity index (χ3n) is 5.38. The number of methoxy groups -OCH3 is 1. The Morgan fingerprint density at radius 2 is 1.75 bits per heavy atom. The molecule has 7 heteroatoms. The van der Waals surface area contributed by atoms with Crippen LogP contribution in [0.3, 0.4) is 0 Å². The molecule has 3 aromatic rings. The fraction of sp³-hybridized carbons (Fsp3) is 0.160. The summed E-state index contributed by atoms with van der Waals surface area (Å²) in [6.07, 6.45) is 1.77. The van der Waals surface area contributed by atoms with Crippen molar-refractivity contribution in [2.75, 3.05) is 7.11 Å². The molecule has 0 aromatic heterocycles. The molecule has 162 valence electrons. The number of halogens is 1. The molecule has 1 heterocycles. The Morgan fingerprint density at radius 3 is 2.41 bits per heavy atom. The zero-order valence-electron chi connectivity index (χ0n) is 17.7. The van der Waals surface area contributed by atoms with Crippen molar-refractivity contribution in [3.8, 4) is 5.75 Å². The summed E-state index contributed by atoms with van der Waals surface area (Å²) in [7, 11) is 1.59. The Balaban J connectivity index is 1.71. The van der Waals surface area contributed by atoms with Crippen LogP contribution in [-0.2, 0) is 4.79 Å². The molecule has 1 aliphatic heterocycles. The van der Waals surface area contributed by atoms with Crippen molar-refractivity contribution >= 4 is 29.6 Å². The van der Waals surface area contributed by atoms with Crippen LogP contribution in [0.1, 0.15) is 33.1 Å². The lowest BCUT2D eigenvalue weighted by Gasteiger charge is -2.15. The van der Waals surface area contributed by atoms with Gasteiger partial charge < -0.3 is 10.1 Å². The van der Waals surface area contributed by atoms with E-state index in [1.165, 1.54) is 0 Å². The largest absolute Gasteiger partial charge is 0.497 e. The van der Waals surface area contributed by atoms with E-state index < -0.39 is 12.1 Å². The van der Waals surface area contributed by atoms with Gasteiger partial charge in [-0.2, -0.15) is 0 Å². The van der Waals surface area contributed by atoms with Crippen molar-refractivity contribution < 1.29 is 19.0 Å². The van der Waals surface area contributed by atoms with Crippen LogP contribution in [-0.4, -0.2) is 35.9 Å². The Morgan fingerprint density at radius 1 is 1.06 bits per heavy atom. The molecule has 0 spiro atoms. The van der Waals surface area contributed by atoms with Gasteiger partial charge >= 0.3 is 5.91 Å². The Kier molecular flexibility index (Phi) is 6.23. The average Bonchev–Trinajstić information content (AvgIpc) is 3.10. The van der Waals surface area contributed by atoms with E-state index in [-0.39, 0.29) is 11.8 Å². The molecule has 32 heavy (non-hydrogen) atoms. The molecule has 1 aliphatic rings. The molecule has 0 unspecified atom stereocenters. The van der Waals surface area contributed by atoms with E-state index in [0.29, 0.717) is 16.3 Å². The molecule has 2 amide bonds. The third-order valence-corrected chi connectivity index (χ3v) is 5.72. The molecule has 1 fully saturated rings. The highest BCUT2D eigenvalue weighted by Gasteiger charge is 2.47. The highest BCUT2D eigenvalue weighted by Crippen LogP contribution is 2.27. The number of carbonyl (C=O) groups is 2. The summed E-state index contributed by atoms with van der Waals surface area (Å²) < 4.78 is 6.94. The number of rotatable bonds is 5. The first-order chi connectivity index (χ1) is 15.5. The monoisotopic (exact) mass is 448 g/mol. The van der Waals surface area contributed by atoms with Gasteiger partial charge in [-0.3, -0.25) is 9.59 Å². The van der Waals surface area contributed by atoms with E-state index in [0.717, 1.165) is 16.7 Å². The molecule has 2 N–H and O–H groups in total. The maximum Gasteiger partial charge on any atom is 0.304 e. The first-order valence-electron chi connectivity index (χ1n) is 10.2. The number of hydrazone groups is 1. The van der Waals surface area contributed by atoms with Crippen molar-refractivity contribution in [1.29, 1.82) is 0 Å². The van der Waals surface area contributed by atoms with E-state index in [4.69, 9.17) is 16.3 Å². The number of hydrazine groups is 1. The van der Waals surface area contributed by atoms with Crippen molar-refractivity contribution in [1.82, 2.24) is 10.7 Å². The molecule has 1 saturated heterocycles. The molecule has 3 aromatic carbocycles. The molecular formula is C25H23ClN3O3+. The standard InChI is InChI=1S/C25H22ClN3O3/c1-16-7-9-18(10-8-16)24(30)27-22-23(17-11-13-20(32-2)14-12-17)29(28-25(22)31)15-19-5-3-4-6-21(19)26/h3-15,22-23H,1-2H3,(H-,27,28,30,31)/p+1/b29-15-/t22-,23-/m1/s1. The van der Waals surface area contributed by atoms with Crippen molar-refractivity contribution in [3.63, 3.8) is 0 Å². The highest BCUT2D eigenvalue weighted by molar-refractivity contribution is 6.32. The van der Waals surface area contributed by atoms with E-state index in [9.17, 15) is 9.59 Å². The molecule has 2 atom stereocenters. The van der Waals surface area contributed by atoms with Crippen LogP contribution in [0.15, 0.2) is 72.8 Å². The smallest absolute Gasteiger partial charge is 0.304 e. The molecule has 0 radical (unpaired) electrons. The number of nitrogens with one attached hydrogen (secondary N) is 2. The number of hydrogen-bond donors (Lipinski definition) is 2. The minimum Gasteiger partial charge on any atom is -0.497 e. The van der Waals surface area contributed by atoms with Crippen LogP contribution >= 0.6 is 11.6 Å². The zero-order chi connectivity index (χ0) is 22.7. The topological polar surface area (TPSA) is 70.4 Å². The second kappa shape index (κ2) is 9.24. The van der Waals surface area contributed by atoms with Crippen molar-refractivity contribution in [2.24, 2.45) is 0 Å². The summed E-state index contributed by atoms with van der Waals surface area (Å²) in [5.74, 6) is 0.0748. The van der Waals surface area contributed by atoms with E-state index in [1.54, 1.807) is 36.2 Å². The van der Waals surface area contributed by atoms with E-state index >= 15 is 0 Å². The van der Waals surface area contributed by atoms with Crippen molar-refractivity contribution in [2.45, 2.75) is 19.0 Å². The SMILES string of the molecule is COc1ccc([C@@H]2[C@@H](NC(=O)c3ccc(C)cc3)C(=O)N/[N+]2=C\c2ccccc2Cl)cc1. The first kappa shape index (κ1) is 21.6. The second-order valence-electron chi connectivity index (χ2n) is 7.57. The van der Waals surface area contributed by atoms with E-state index in [1.807, 2.05) is 61.5 Å². The van der Waals surface area contributed by atoms with Gasteiger partial charge in [0.25, 0.3) is 5.91 Å². The van der Waals surface area contributed by atoms with Crippen LogP contribution in [0, 0.1) is 6.92 Å². The zero-order valence-corrected chi connectivity index (χ0v) is 18.5. The van der Waals surface area contributed by atoms with Gasteiger partial charge in [-0.25, -0.2) is 0 Å². The van der Waals surface area contributed by atoms with Gasteiger partial charge in [-0.05, 0) is 55.5 Å². The number of benzene rings is 3. The lowest BCUT2D eigenvalue weighted by atomic mass is 9.99. The highest BCUT2D eigenvalue weighted by atomic mass is 35.5. The molecular weight excluding hydrogens is 426 g/mol. The Hall–Kier alpha value is -3.64. The number of ether oxygens (including phenoxy) is 1. The van der Waals surface area contributed by atoms with Crippen LogP contribution < -0.4 is 15.5 Å². The number of hydrogen-bond acceptors (Lipinski definition) is 3. The molecule has 0 saturated carbocycles. The molecule has 0 aliphatic carbocycles. The molecule has 4 rings (SSSR count). The van der Waals surface area contributed by atoms with E-state index in [2.05, 4.69) is 10.7 Å². The van der Waals surface area contributed by atoms with Crippen LogP contribution in [0.25, 0.3) is 0 Å². The third kappa shape index (κ3) is 4.50. The summed E-state index contributed by atoms with van der Waals surface area (Å²) in [5.41, 5.74) is 5.98. The van der Waals surface area contributed by atoms with Gasteiger partial charge in [0.1, 0.15) is 5.75 Å². The van der Waals surface area contributed by atoms with Crippen LogP contribution in [0.5, 0.6) is 5.75 Å². The number of carbonyl (C=O) groups excluding carboxylic acids is 2. The van der Waals surface area contributed by atoms with Gasteiger partial charge in [0.15, 0.2) is 6.04 Å². The number of nitrogens with zero attached hydrogens (tertiary/aromatic N) is 1. The summed E-state index contributed by atoms with van der Waals surface area (Å²) in [6.45, 7) is 1.95. The van der Waals surface area contributed by atoms with Gasteiger partial charge in [0.2, 0.25) is 12.3 Å². The maximum absolute atomic E-state index is 12.9. The lowest BCUT2D eigenvalue weighted by molar-refractivity contribution is -0.596. The number of amides is 2. The minimum atomic E-state index is -0.809. The van der Waals surface area contributed by atoms with Crippen molar-refractivity contribution in [3.05, 3.63) is 100 Å². The second-order valence-corrected chi connectivity index (χ2v) is 7.98. The normalized spacial score (nSPS) is 19.0. The summed E-state index contributed by atoms with van der Waals surface area (Å²) in [6, 6.07) is 20.7. The Bertz CT molecular complexity index is 1170. The summed E-state index contributed by atoms with van der Waals surface area (Å²) in [5, 5.41) is 3.45. The molecule has 6 nitrogen and oxygen atoms in total. The quantitative estimate of drug-likeness (QED) is 0.585.